The normalized spacial score (nSPS) is 19.6. The molecule has 2 unspecified atom stereocenters. The van der Waals surface area contributed by atoms with Gasteiger partial charge in [0.25, 0.3) is 0 Å². The molecule has 0 heterocycles. The first kappa shape index (κ1) is 18.5. The Balaban J connectivity index is 4.97. The minimum Gasteiger partial charge on any atom is -0.296 e. The molecule has 0 aromatic carbocycles. The standard InChI is InChI=1S/C9H13F6O3P/c1-4-5-19(16,17-6(2)8(10,11)12)18-7(3)9(13,14)15/h4,6-7H,1,5H2,2-3H3. The number of rotatable bonds is 6. The van der Waals surface area contributed by atoms with Gasteiger partial charge in [0.15, 0.2) is 12.2 Å². The van der Waals surface area contributed by atoms with Crippen molar-refractivity contribution >= 4 is 7.60 Å². The highest BCUT2D eigenvalue weighted by atomic mass is 31.2. The van der Waals surface area contributed by atoms with Crippen LogP contribution in [0.5, 0.6) is 0 Å². The molecule has 0 rings (SSSR count). The molecule has 10 heteroatoms. The summed E-state index contributed by atoms with van der Waals surface area (Å²) in [6.07, 6.45) is -14.6. The molecule has 0 saturated carbocycles. The van der Waals surface area contributed by atoms with Gasteiger partial charge in [0.05, 0.1) is 6.16 Å². The fourth-order valence-corrected chi connectivity index (χ4v) is 2.61. The molecule has 0 spiro atoms. The van der Waals surface area contributed by atoms with E-state index >= 15 is 0 Å². The van der Waals surface area contributed by atoms with E-state index in [4.69, 9.17) is 0 Å². The smallest absolute Gasteiger partial charge is 0.296 e. The van der Waals surface area contributed by atoms with Crippen LogP contribution in [0.4, 0.5) is 26.3 Å². The third-order valence-electron chi connectivity index (χ3n) is 1.91. The van der Waals surface area contributed by atoms with E-state index in [0.717, 1.165) is 6.08 Å². The maximum atomic E-state index is 12.2. The topological polar surface area (TPSA) is 35.5 Å². The van der Waals surface area contributed by atoms with Crippen molar-refractivity contribution < 1.29 is 40.0 Å². The van der Waals surface area contributed by atoms with E-state index in [1.807, 2.05) is 0 Å². The van der Waals surface area contributed by atoms with Gasteiger partial charge in [0.2, 0.25) is 0 Å². The van der Waals surface area contributed by atoms with Gasteiger partial charge in [-0.05, 0) is 13.8 Å². The zero-order valence-electron chi connectivity index (χ0n) is 10.1. The summed E-state index contributed by atoms with van der Waals surface area (Å²) in [5.41, 5.74) is 0. The van der Waals surface area contributed by atoms with Crippen molar-refractivity contribution in [2.75, 3.05) is 6.16 Å². The largest absolute Gasteiger partial charge is 0.414 e. The molecule has 2 atom stereocenters. The molecule has 0 aliphatic carbocycles. The van der Waals surface area contributed by atoms with Crippen LogP contribution < -0.4 is 0 Å². The van der Waals surface area contributed by atoms with Crippen molar-refractivity contribution in [1.29, 1.82) is 0 Å². The molecule has 0 radical (unpaired) electrons. The average Bonchev–Trinajstić information content (AvgIpc) is 2.13. The van der Waals surface area contributed by atoms with Crippen LogP contribution in [0.15, 0.2) is 12.7 Å². The molecule has 0 aromatic heterocycles. The molecular weight excluding hydrogens is 301 g/mol. The second-order valence-corrected chi connectivity index (χ2v) is 5.67. The molecule has 114 valence electrons. The lowest BCUT2D eigenvalue weighted by Crippen LogP contribution is -2.31. The average molecular weight is 314 g/mol. The lowest BCUT2D eigenvalue weighted by atomic mass is 10.4. The summed E-state index contributed by atoms with van der Waals surface area (Å²) in [6.45, 7) is 4.14. The summed E-state index contributed by atoms with van der Waals surface area (Å²) in [5, 5.41) is 0. The summed E-state index contributed by atoms with van der Waals surface area (Å²) in [6, 6.07) is 0. The van der Waals surface area contributed by atoms with Crippen molar-refractivity contribution in [2.45, 2.75) is 38.4 Å². The second-order valence-electron chi connectivity index (χ2n) is 3.66. The Hall–Kier alpha value is -0.530. The van der Waals surface area contributed by atoms with E-state index in [9.17, 15) is 30.9 Å². The SMILES string of the molecule is C=CCP(=O)(OC(C)C(F)(F)F)OC(C)C(F)(F)F. The van der Waals surface area contributed by atoms with Gasteiger partial charge in [-0.2, -0.15) is 26.3 Å². The number of hydrogen-bond donors (Lipinski definition) is 0. The predicted molar refractivity (Wildman–Crippen MR) is 55.9 cm³/mol. The molecule has 0 aliphatic rings. The van der Waals surface area contributed by atoms with Crippen LogP contribution >= 0.6 is 7.60 Å². The van der Waals surface area contributed by atoms with Gasteiger partial charge in [-0.25, -0.2) is 0 Å². The van der Waals surface area contributed by atoms with Gasteiger partial charge in [-0.3, -0.25) is 13.6 Å². The lowest BCUT2D eigenvalue weighted by Gasteiger charge is -2.26. The Morgan fingerprint density at radius 1 is 1.05 bits per heavy atom. The zero-order chi connectivity index (χ0) is 15.5. The molecular formula is C9H13F6O3P. The van der Waals surface area contributed by atoms with Crippen molar-refractivity contribution in [3.05, 3.63) is 12.7 Å². The Bertz CT molecular complexity index is 325. The molecule has 0 amide bonds. The van der Waals surface area contributed by atoms with Gasteiger partial charge in [0, 0.05) is 0 Å². The van der Waals surface area contributed by atoms with Crippen molar-refractivity contribution in [1.82, 2.24) is 0 Å². The molecule has 0 saturated heterocycles. The first-order chi connectivity index (χ1) is 8.32. The number of hydrogen-bond acceptors (Lipinski definition) is 3. The van der Waals surface area contributed by atoms with E-state index in [2.05, 4.69) is 15.6 Å². The fraction of sp³-hybridized carbons (Fsp3) is 0.778. The Labute approximate surface area is 106 Å². The van der Waals surface area contributed by atoms with Gasteiger partial charge < -0.3 is 0 Å². The minimum absolute atomic E-state index is 0.525. The highest BCUT2D eigenvalue weighted by Gasteiger charge is 2.46. The van der Waals surface area contributed by atoms with Gasteiger partial charge >= 0.3 is 19.9 Å². The summed E-state index contributed by atoms with van der Waals surface area (Å²) in [5.74, 6) is 0. The fourth-order valence-electron chi connectivity index (χ4n) is 0.870. The quantitative estimate of drug-likeness (QED) is 0.416. The van der Waals surface area contributed by atoms with Crippen LogP contribution in [0.1, 0.15) is 13.8 Å². The molecule has 0 N–H and O–H groups in total. The van der Waals surface area contributed by atoms with E-state index in [1.165, 1.54) is 0 Å². The van der Waals surface area contributed by atoms with Crippen molar-refractivity contribution in [2.24, 2.45) is 0 Å². The van der Waals surface area contributed by atoms with Crippen LogP contribution in [0.25, 0.3) is 0 Å². The first-order valence-electron chi connectivity index (χ1n) is 5.02. The Morgan fingerprint density at radius 3 is 1.58 bits per heavy atom. The van der Waals surface area contributed by atoms with Crippen LogP contribution in [-0.4, -0.2) is 30.7 Å². The number of alkyl halides is 6. The molecule has 3 nitrogen and oxygen atoms in total. The summed E-state index contributed by atoms with van der Waals surface area (Å²) < 4.78 is 93.6. The minimum atomic E-state index is -4.86. The van der Waals surface area contributed by atoms with Gasteiger partial charge in [-0.15, -0.1) is 6.58 Å². The summed E-state index contributed by atoms with van der Waals surface area (Å²) in [4.78, 5) is 0. The molecule has 0 bridgehead atoms. The van der Waals surface area contributed by atoms with Crippen LogP contribution in [0.2, 0.25) is 0 Å². The van der Waals surface area contributed by atoms with E-state index in [1.54, 1.807) is 0 Å². The van der Waals surface area contributed by atoms with Gasteiger partial charge in [-0.1, -0.05) is 6.08 Å². The first-order valence-corrected chi connectivity index (χ1v) is 6.75. The third kappa shape index (κ3) is 6.44. The maximum absolute atomic E-state index is 12.2. The predicted octanol–water partition coefficient (Wildman–Crippen LogP) is 4.30. The van der Waals surface area contributed by atoms with E-state index in [0.29, 0.717) is 13.8 Å². The van der Waals surface area contributed by atoms with Crippen LogP contribution in [0.3, 0.4) is 0 Å². The van der Waals surface area contributed by atoms with Gasteiger partial charge in [0.1, 0.15) is 0 Å². The highest BCUT2D eigenvalue weighted by Crippen LogP contribution is 2.53. The molecule has 0 aromatic rings. The second kappa shape index (κ2) is 6.28. The van der Waals surface area contributed by atoms with E-state index in [-0.39, 0.29) is 0 Å². The molecule has 0 aliphatic heterocycles. The Morgan fingerprint density at radius 2 is 1.37 bits per heavy atom. The number of halogens is 6. The summed E-state index contributed by atoms with van der Waals surface area (Å²) in [7, 11) is -4.58. The number of allylic oxidation sites excluding steroid dienone is 1. The van der Waals surface area contributed by atoms with E-state index < -0.39 is 38.3 Å². The monoisotopic (exact) mass is 314 g/mol. The molecule has 19 heavy (non-hydrogen) atoms. The van der Waals surface area contributed by atoms with Crippen LogP contribution in [0, 0.1) is 0 Å². The molecule has 0 fully saturated rings. The zero-order valence-corrected chi connectivity index (χ0v) is 11.0. The lowest BCUT2D eigenvalue weighted by molar-refractivity contribution is -0.204. The van der Waals surface area contributed by atoms with Crippen molar-refractivity contribution in [3.63, 3.8) is 0 Å². The summed E-state index contributed by atoms with van der Waals surface area (Å²) >= 11 is 0. The highest BCUT2D eigenvalue weighted by molar-refractivity contribution is 7.54. The Kier molecular flexibility index (Phi) is 6.10. The van der Waals surface area contributed by atoms with Crippen LogP contribution in [-0.2, 0) is 13.6 Å². The van der Waals surface area contributed by atoms with Crippen molar-refractivity contribution in [3.8, 4) is 0 Å². The third-order valence-corrected chi connectivity index (χ3v) is 3.89. The maximum Gasteiger partial charge on any atom is 0.414 e.